The lowest BCUT2D eigenvalue weighted by atomic mass is 10.1. The van der Waals surface area contributed by atoms with E-state index in [1.54, 1.807) is 0 Å². The van der Waals surface area contributed by atoms with Crippen LogP contribution in [0.2, 0.25) is 0 Å². The minimum atomic E-state index is -4.54. The van der Waals surface area contributed by atoms with Gasteiger partial charge in [-0.2, -0.15) is 13.2 Å². The third-order valence-corrected chi connectivity index (χ3v) is 2.77. The van der Waals surface area contributed by atoms with Crippen molar-refractivity contribution in [3.8, 4) is 0 Å². The molecule has 0 unspecified atom stereocenters. The van der Waals surface area contributed by atoms with Crippen LogP contribution in [-0.2, 0) is 26.9 Å². The zero-order valence-electron chi connectivity index (χ0n) is 12.0. The summed E-state index contributed by atoms with van der Waals surface area (Å²) in [6.07, 6.45) is -3.60. The van der Waals surface area contributed by atoms with E-state index < -0.39 is 35.8 Å². The Morgan fingerprint density at radius 3 is 2.45 bits per heavy atom. The van der Waals surface area contributed by atoms with Crippen LogP contribution in [0.4, 0.5) is 13.2 Å². The molecule has 1 amide bonds. The molecule has 0 radical (unpaired) electrons. The van der Waals surface area contributed by atoms with Gasteiger partial charge in [0, 0.05) is 12.6 Å². The number of esters is 1. The van der Waals surface area contributed by atoms with Gasteiger partial charge in [0.1, 0.15) is 11.7 Å². The first kappa shape index (κ1) is 17.9. The van der Waals surface area contributed by atoms with Gasteiger partial charge < -0.3 is 15.8 Å². The predicted molar refractivity (Wildman–Crippen MR) is 70.5 cm³/mol. The Morgan fingerprint density at radius 2 is 2.05 bits per heavy atom. The summed E-state index contributed by atoms with van der Waals surface area (Å²) in [6, 6.07) is 0.0980. The van der Waals surface area contributed by atoms with Crippen LogP contribution in [-0.4, -0.2) is 36.1 Å². The Balaban J connectivity index is 2.86. The molecule has 1 aromatic heterocycles. The van der Waals surface area contributed by atoms with Crippen molar-refractivity contribution in [3.05, 3.63) is 29.6 Å². The van der Waals surface area contributed by atoms with Gasteiger partial charge in [0.15, 0.2) is 0 Å². The Kier molecular flexibility index (Phi) is 5.86. The zero-order chi connectivity index (χ0) is 16.9. The number of amides is 1. The topological polar surface area (TPSA) is 94.3 Å². The molecule has 1 rings (SSSR count). The van der Waals surface area contributed by atoms with Crippen molar-refractivity contribution in [2.75, 3.05) is 7.11 Å². The molecule has 0 bridgehead atoms. The number of nitrogens with one attached hydrogen (secondary N) is 1. The summed E-state index contributed by atoms with van der Waals surface area (Å²) in [4.78, 5) is 26.5. The first-order valence-electron chi connectivity index (χ1n) is 6.31. The lowest BCUT2D eigenvalue weighted by Crippen LogP contribution is -2.48. The highest BCUT2D eigenvalue weighted by Gasteiger charge is 2.32. The molecule has 0 aliphatic rings. The van der Waals surface area contributed by atoms with Crippen LogP contribution >= 0.6 is 0 Å². The fourth-order valence-corrected chi connectivity index (χ4v) is 1.59. The Bertz CT molecular complexity index is 530. The SMILES string of the molecule is COC(=O)[C@H](Cc1ccc(C(F)(F)F)nc1)NC(=O)[C@H](C)N. The molecule has 0 saturated heterocycles. The molecule has 6 nitrogen and oxygen atoms in total. The van der Waals surface area contributed by atoms with E-state index in [1.165, 1.54) is 13.0 Å². The van der Waals surface area contributed by atoms with Crippen LogP contribution in [0.25, 0.3) is 0 Å². The quantitative estimate of drug-likeness (QED) is 0.777. The number of carbonyl (C=O) groups is 2. The molecule has 122 valence electrons. The summed E-state index contributed by atoms with van der Waals surface area (Å²) >= 11 is 0. The van der Waals surface area contributed by atoms with Gasteiger partial charge in [0.2, 0.25) is 5.91 Å². The van der Waals surface area contributed by atoms with Gasteiger partial charge >= 0.3 is 12.1 Å². The second-order valence-corrected chi connectivity index (χ2v) is 4.63. The summed E-state index contributed by atoms with van der Waals surface area (Å²) in [5.74, 6) is -1.30. The predicted octanol–water partition coefficient (Wildman–Crippen LogP) is 0.648. The number of halogens is 3. The maximum atomic E-state index is 12.4. The zero-order valence-corrected chi connectivity index (χ0v) is 12.0. The molecule has 2 atom stereocenters. The lowest BCUT2D eigenvalue weighted by molar-refractivity contribution is -0.145. The number of alkyl halides is 3. The van der Waals surface area contributed by atoms with Crippen molar-refractivity contribution < 1.29 is 27.5 Å². The van der Waals surface area contributed by atoms with Gasteiger partial charge in [-0.25, -0.2) is 4.79 Å². The van der Waals surface area contributed by atoms with Crippen LogP contribution in [0.3, 0.4) is 0 Å². The summed E-state index contributed by atoms with van der Waals surface area (Å²) in [7, 11) is 1.14. The minimum Gasteiger partial charge on any atom is -0.467 e. The fourth-order valence-electron chi connectivity index (χ4n) is 1.59. The Morgan fingerprint density at radius 1 is 1.41 bits per heavy atom. The summed E-state index contributed by atoms with van der Waals surface area (Å²) in [5.41, 5.74) is 4.69. The molecule has 0 aliphatic carbocycles. The lowest BCUT2D eigenvalue weighted by Gasteiger charge is -2.18. The molecule has 1 heterocycles. The van der Waals surface area contributed by atoms with Crippen LogP contribution in [0.1, 0.15) is 18.2 Å². The number of carbonyl (C=O) groups excluding carboxylic acids is 2. The molecule has 0 aliphatic heterocycles. The van der Waals surface area contributed by atoms with Crippen molar-refractivity contribution in [2.24, 2.45) is 5.73 Å². The Labute approximate surface area is 124 Å². The summed E-state index contributed by atoms with van der Waals surface area (Å²) < 4.78 is 41.8. The largest absolute Gasteiger partial charge is 0.467 e. The minimum absolute atomic E-state index is 0.0593. The average Bonchev–Trinajstić information content (AvgIpc) is 2.45. The molecule has 0 fully saturated rings. The second kappa shape index (κ2) is 7.21. The molecular formula is C13H16F3N3O3. The van der Waals surface area contributed by atoms with Crippen LogP contribution in [0.15, 0.2) is 18.3 Å². The van der Waals surface area contributed by atoms with Gasteiger partial charge in [-0.3, -0.25) is 9.78 Å². The highest BCUT2D eigenvalue weighted by Crippen LogP contribution is 2.27. The number of methoxy groups -OCH3 is 1. The van der Waals surface area contributed by atoms with Gasteiger partial charge in [0.05, 0.1) is 13.2 Å². The van der Waals surface area contributed by atoms with Gasteiger partial charge in [-0.15, -0.1) is 0 Å². The maximum Gasteiger partial charge on any atom is 0.433 e. The number of rotatable bonds is 5. The van der Waals surface area contributed by atoms with Crippen molar-refractivity contribution in [1.82, 2.24) is 10.3 Å². The van der Waals surface area contributed by atoms with E-state index in [0.717, 1.165) is 19.4 Å². The molecular weight excluding hydrogens is 303 g/mol. The van der Waals surface area contributed by atoms with Gasteiger partial charge in [-0.05, 0) is 18.6 Å². The van der Waals surface area contributed by atoms with E-state index in [0.29, 0.717) is 5.56 Å². The van der Waals surface area contributed by atoms with Crippen LogP contribution < -0.4 is 11.1 Å². The van der Waals surface area contributed by atoms with E-state index in [2.05, 4.69) is 15.0 Å². The van der Waals surface area contributed by atoms with Gasteiger partial charge in [-0.1, -0.05) is 6.07 Å². The third-order valence-electron chi connectivity index (χ3n) is 2.77. The van der Waals surface area contributed by atoms with E-state index in [9.17, 15) is 22.8 Å². The van der Waals surface area contributed by atoms with Crippen molar-refractivity contribution in [3.63, 3.8) is 0 Å². The monoisotopic (exact) mass is 319 g/mol. The number of aromatic nitrogens is 1. The fraction of sp³-hybridized carbons (Fsp3) is 0.462. The van der Waals surface area contributed by atoms with E-state index in [1.807, 2.05) is 0 Å². The summed E-state index contributed by atoms with van der Waals surface area (Å²) in [6.45, 7) is 1.43. The van der Waals surface area contributed by atoms with Crippen molar-refractivity contribution in [1.29, 1.82) is 0 Å². The normalized spacial score (nSPS) is 14.1. The Hall–Kier alpha value is -2.16. The van der Waals surface area contributed by atoms with Gasteiger partial charge in [0.25, 0.3) is 0 Å². The number of ether oxygens (including phenoxy) is 1. The van der Waals surface area contributed by atoms with E-state index in [-0.39, 0.29) is 6.42 Å². The molecule has 9 heteroatoms. The van der Waals surface area contributed by atoms with E-state index in [4.69, 9.17) is 5.73 Å². The molecule has 1 aromatic rings. The number of nitrogens with zero attached hydrogens (tertiary/aromatic N) is 1. The average molecular weight is 319 g/mol. The summed E-state index contributed by atoms with van der Waals surface area (Å²) in [5, 5.41) is 2.37. The molecule has 0 spiro atoms. The highest BCUT2D eigenvalue weighted by molar-refractivity contribution is 5.87. The second-order valence-electron chi connectivity index (χ2n) is 4.63. The number of nitrogens with two attached hydrogens (primary N) is 1. The van der Waals surface area contributed by atoms with Crippen LogP contribution in [0, 0.1) is 0 Å². The molecule has 0 aromatic carbocycles. The molecule has 3 N–H and O–H groups in total. The van der Waals surface area contributed by atoms with E-state index >= 15 is 0 Å². The molecule has 0 saturated carbocycles. The number of hydrogen-bond donors (Lipinski definition) is 2. The number of pyridine rings is 1. The highest BCUT2D eigenvalue weighted by atomic mass is 19.4. The van der Waals surface area contributed by atoms with Crippen molar-refractivity contribution in [2.45, 2.75) is 31.6 Å². The maximum absolute atomic E-state index is 12.4. The first-order chi connectivity index (χ1) is 10.1. The third kappa shape index (κ3) is 4.99. The first-order valence-corrected chi connectivity index (χ1v) is 6.31. The van der Waals surface area contributed by atoms with Crippen molar-refractivity contribution >= 4 is 11.9 Å². The number of hydrogen-bond acceptors (Lipinski definition) is 5. The van der Waals surface area contributed by atoms with Crippen LogP contribution in [0.5, 0.6) is 0 Å². The standard InChI is InChI=1S/C13H16F3N3O3/c1-7(17)11(20)19-9(12(21)22-2)5-8-3-4-10(18-6-8)13(14,15)16/h3-4,6-7,9H,5,17H2,1-2H3,(H,19,20)/t7-,9-/m0/s1. The smallest absolute Gasteiger partial charge is 0.433 e. The molecule has 22 heavy (non-hydrogen) atoms.